The van der Waals surface area contributed by atoms with Crippen molar-refractivity contribution in [3.05, 3.63) is 48.2 Å². The Kier molecular flexibility index (Phi) is 4.97. The molecule has 6 heteroatoms. The lowest BCUT2D eigenvalue weighted by Crippen LogP contribution is -2.30. The molecule has 142 valence electrons. The van der Waals surface area contributed by atoms with E-state index in [9.17, 15) is 9.59 Å². The van der Waals surface area contributed by atoms with E-state index in [1.54, 1.807) is 11.1 Å². The molecule has 6 nitrogen and oxygen atoms in total. The van der Waals surface area contributed by atoms with Gasteiger partial charge in [-0.15, -0.1) is 0 Å². The number of nitrogens with zero attached hydrogens (tertiary/aromatic N) is 3. The van der Waals surface area contributed by atoms with Gasteiger partial charge in [-0.25, -0.2) is 4.68 Å². The summed E-state index contributed by atoms with van der Waals surface area (Å²) in [5.41, 5.74) is 1.20. The number of aromatic nitrogens is 2. The Morgan fingerprint density at radius 1 is 1.26 bits per heavy atom. The molecule has 4 rings (SSSR count). The first-order valence-corrected chi connectivity index (χ1v) is 9.78. The molecule has 2 aromatic rings. The van der Waals surface area contributed by atoms with E-state index in [2.05, 4.69) is 29.5 Å². The van der Waals surface area contributed by atoms with Crippen LogP contribution in [0.25, 0.3) is 0 Å². The highest BCUT2D eigenvalue weighted by molar-refractivity contribution is 5.96. The van der Waals surface area contributed by atoms with Gasteiger partial charge in [0.05, 0.1) is 18.2 Å². The zero-order valence-electron chi connectivity index (χ0n) is 15.7. The molecule has 2 heterocycles. The van der Waals surface area contributed by atoms with E-state index in [4.69, 9.17) is 0 Å². The van der Waals surface area contributed by atoms with Crippen molar-refractivity contribution < 1.29 is 9.59 Å². The predicted molar refractivity (Wildman–Crippen MR) is 103 cm³/mol. The monoisotopic (exact) mass is 366 g/mol. The van der Waals surface area contributed by atoms with E-state index in [0.717, 1.165) is 12.2 Å². The molecular weight excluding hydrogens is 340 g/mol. The van der Waals surface area contributed by atoms with Gasteiger partial charge in [0, 0.05) is 25.6 Å². The Labute approximate surface area is 159 Å². The van der Waals surface area contributed by atoms with Crippen molar-refractivity contribution in [3.63, 3.8) is 0 Å². The van der Waals surface area contributed by atoms with Gasteiger partial charge in [-0.1, -0.05) is 30.3 Å². The highest BCUT2D eigenvalue weighted by atomic mass is 16.2. The molecular formula is C21H26N4O2. The van der Waals surface area contributed by atoms with Gasteiger partial charge >= 0.3 is 0 Å². The van der Waals surface area contributed by atoms with Gasteiger partial charge in [-0.2, -0.15) is 5.10 Å². The number of hydrogen-bond acceptors (Lipinski definition) is 3. The van der Waals surface area contributed by atoms with Gasteiger partial charge in [-0.3, -0.25) is 9.59 Å². The van der Waals surface area contributed by atoms with Crippen molar-refractivity contribution in [2.24, 2.45) is 11.8 Å². The third-order valence-corrected chi connectivity index (χ3v) is 5.71. The molecule has 0 radical (unpaired) electrons. The second-order valence-electron chi connectivity index (χ2n) is 7.70. The van der Waals surface area contributed by atoms with Crippen LogP contribution in [0.5, 0.6) is 0 Å². The molecule has 2 unspecified atom stereocenters. The number of nitrogens with one attached hydrogen (secondary N) is 1. The molecule has 1 saturated heterocycles. The molecule has 1 aliphatic heterocycles. The molecule has 2 atom stereocenters. The average Bonchev–Trinajstić information content (AvgIpc) is 3.32. The topological polar surface area (TPSA) is 67.2 Å². The van der Waals surface area contributed by atoms with Crippen LogP contribution in [0.4, 0.5) is 5.82 Å². The van der Waals surface area contributed by atoms with Gasteiger partial charge in [0.2, 0.25) is 11.8 Å². The Morgan fingerprint density at radius 3 is 2.78 bits per heavy atom. The van der Waals surface area contributed by atoms with Gasteiger partial charge in [0.25, 0.3) is 0 Å². The molecule has 2 fully saturated rings. The van der Waals surface area contributed by atoms with Crippen molar-refractivity contribution in [1.82, 2.24) is 14.7 Å². The zero-order valence-corrected chi connectivity index (χ0v) is 15.7. The minimum absolute atomic E-state index is 0.0611. The first-order valence-electron chi connectivity index (χ1n) is 9.78. The summed E-state index contributed by atoms with van der Waals surface area (Å²) in [6.45, 7) is 3.29. The first-order chi connectivity index (χ1) is 13.1. The van der Waals surface area contributed by atoms with Crippen LogP contribution in [-0.2, 0) is 16.0 Å². The molecule has 1 aromatic carbocycles. The van der Waals surface area contributed by atoms with Crippen LogP contribution < -0.4 is 5.32 Å². The zero-order chi connectivity index (χ0) is 18.8. The van der Waals surface area contributed by atoms with Gasteiger partial charge in [-0.05, 0) is 37.7 Å². The summed E-state index contributed by atoms with van der Waals surface area (Å²) in [7, 11) is 0. The summed E-state index contributed by atoms with van der Waals surface area (Å²) in [6, 6.07) is 12.2. The van der Waals surface area contributed by atoms with Gasteiger partial charge < -0.3 is 10.2 Å². The van der Waals surface area contributed by atoms with Crippen LogP contribution in [0.3, 0.4) is 0 Å². The number of anilines is 1. The molecule has 27 heavy (non-hydrogen) atoms. The highest BCUT2D eigenvalue weighted by Crippen LogP contribution is 2.40. The fraction of sp³-hybridized carbons (Fsp3) is 0.476. The third-order valence-electron chi connectivity index (χ3n) is 5.71. The van der Waals surface area contributed by atoms with Crippen LogP contribution in [0, 0.1) is 11.8 Å². The molecule has 1 saturated carbocycles. The maximum Gasteiger partial charge on any atom is 0.230 e. The molecule has 1 N–H and O–H groups in total. The molecule has 1 aromatic heterocycles. The van der Waals surface area contributed by atoms with E-state index in [1.165, 1.54) is 18.4 Å². The minimum Gasteiger partial charge on any atom is -0.342 e. The van der Waals surface area contributed by atoms with Crippen molar-refractivity contribution in [1.29, 1.82) is 0 Å². The minimum atomic E-state index is -0.298. The fourth-order valence-corrected chi connectivity index (χ4v) is 3.82. The largest absolute Gasteiger partial charge is 0.342 e. The molecule has 0 bridgehead atoms. The maximum absolute atomic E-state index is 12.7. The lowest BCUT2D eigenvalue weighted by Gasteiger charge is -2.18. The third kappa shape index (κ3) is 4.04. The summed E-state index contributed by atoms with van der Waals surface area (Å²) >= 11 is 0. The molecule has 2 amide bonds. The Hall–Kier alpha value is -2.63. The summed E-state index contributed by atoms with van der Waals surface area (Å²) in [5.74, 6) is 1.06. The quantitative estimate of drug-likeness (QED) is 0.819. The van der Waals surface area contributed by atoms with Crippen LogP contribution in [0.1, 0.15) is 37.8 Å². The summed E-state index contributed by atoms with van der Waals surface area (Å²) in [5, 5.41) is 7.37. The van der Waals surface area contributed by atoms with Gasteiger partial charge in [0.15, 0.2) is 0 Å². The number of likely N-dealkylation sites (tertiary alicyclic amines) is 1. The summed E-state index contributed by atoms with van der Waals surface area (Å²) < 4.78 is 1.90. The van der Waals surface area contributed by atoms with E-state index in [-0.39, 0.29) is 24.2 Å². The van der Waals surface area contributed by atoms with Crippen LogP contribution in [0.2, 0.25) is 0 Å². The summed E-state index contributed by atoms with van der Waals surface area (Å²) in [4.78, 5) is 26.8. The predicted octanol–water partition coefficient (Wildman–Crippen LogP) is 2.88. The SMILES string of the molecule is CC(C1CC1)n1nccc1NC(=O)C1CC(=O)N(CCc2ccccc2)C1. The normalized spacial score (nSPS) is 20.7. The molecule has 2 aliphatic rings. The molecule has 1 aliphatic carbocycles. The van der Waals surface area contributed by atoms with E-state index in [1.807, 2.05) is 28.9 Å². The standard InChI is InChI=1S/C21H26N4O2/c1-15(17-7-8-17)25-19(9-11-22-25)23-21(27)18-13-20(26)24(14-18)12-10-16-5-3-2-4-6-16/h2-6,9,11,15,17-18H,7-8,10,12-14H2,1H3,(H,23,27). The van der Waals surface area contributed by atoms with Crippen molar-refractivity contribution >= 4 is 17.6 Å². The van der Waals surface area contributed by atoms with E-state index >= 15 is 0 Å². The van der Waals surface area contributed by atoms with Crippen molar-refractivity contribution in [3.8, 4) is 0 Å². The maximum atomic E-state index is 12.7. The van der Waals surface area contributed by atoms with Crippen LogP contribution in [0.15, 0.2) is 42.6 Å². The number of carbonyl (C=O) groups is 2. The number of amides is 2. The number of carbonyl (C=O) groups excluding carboxylic acids is 2. The second-order valence-corrected chi connectivity index (χ2v) is 7.70. The average molecular weight is 366 g/mol. The molecule has 0 spiro atoms. The Balaban J connectivity index is 1.33. The van der Waals surface area contributed by atoms with Gasteiger partial charge in [0.1, 0.15) is 5.82 Å². The fourth-order valence-electron chi connectivity index (χ4n) is 3.82. The first kappa shape index (κ1) is 17.8. The highest BCUT2D eigenvalue weighted by Gasteiger charge is 2.35. The van der Waals surface area contributed by atoms with Crippen molar-refractivity contribution in [2.45, 2.75) is 38.6 Å². The lowest BCUT2D eigenvalue weighted by atomic mass is 10.1. The van der Waals surface area contributed by atoms with Crippen LogP contribution >= 0.6 is 0 Å². The van der Waals surface area contributed by atoms with Crippen LogP contribution in [-0.4, -0.2) is 39.6 Å². The number of rotatable bonds is 7. The number of benzene rings is 1. The van der Waals surface area contributed by atoms with E-state index < -0.39 is 0 Å². The lowest BCUT2D eigenvalue weighted by molar-refractivity contribution is -0.128. The van der Waals surface area contributed by atoms with Crippen molar-refractivity contribution in [2.75, 3.05) is 18.4 Å². The van der Waals surface area contributed by atoms with E-state index in [0.29, 0.717) is 25.0 Å². The summed E-state index contributed by atoms with van der Waals surface area (Å²) in [6.07, 6.45) is 5.27. The Bertz CT molecular complexity index is 813. The number of hydrogen-bond donors (Lipinski definition) is 1. The smallest absolute Gasteiger partial charge is 0.230 e. The Morgan fingerprint density at radius 2 is 2.04 bits per heavy atom. The second kappa shape index (κ2) is 7.55.